The van der Waals surface area contributed by atoms with E-state index >= 15 is 0 Å². The number of carbonyl (C=O) groups is 1. The van der Waals surface area contributed by atoms with Gasteiger partial charge in [-0.15, -0.1) is 5.10 Å². The van der Waals surface area contributed by atoms with E-state index in [9.17, 15) is 4.79 Å². The first-order chi connectivity index (χ1) is 15.7. The number of nitrogens with one attached hydrogen (secondary N) is 2. The highest BCUT2D eigenvalue weighted by Gasteiger charge is 2.18. The summed E-state index contributed by atoms with van der Waals surface area (Å²) in [6.45, 7) is 8.35. The highest BCUT2D eigenvalue weighted by Crippen LogP contribution is 2.21. The summed E-state index contributed by atoms with van der Waals surface area (Å²) in [7, 11) is 1.84. The molecule has 0 saturated heterocycles. The number of anilines is 2. The molecule has 0 aliphatic rings. The molecule has 1 aromatic carbocycles. The first-order valence-corrected chi connectivity index (χ1v) is 10.4. The van der Waals surface area contributed by atoms with E-state index in [1.54, 1.807) is 21.8 Å². The summed E-state index contributed by atoms with van der Waals surface area (Å²) in [5.74, 6) is 0.719. The molecule has 3 heterocycles. The molecular formula is C22H26N10O. The van der Waals surface area contributed by atoms with E-state index < -0.39 is 0 Å². The second-order valence-corrected chi connectivity index (χ2v) is 8.70. The first kappa shape index (κ1) is 22.1. The van der Waals surface area contributed by atoms with Crippen molar-refractivity contribution in [1.82, 2.24) is 45.0 Å². The molecule has 0 saturated carbocycles. The molecular weight excluding hydrogens is 420 g/mol. The number of hydrogen-bond acceptors (Lipinski definition) is 8. The van der Waals surface area contributed by atoms with Gasteiger partial charge in [0.05, 0.1) is 23.6 Å². The summed E-state index contributed by atoms with van der Waals surface area (Å²) in [5, 5.41) is 18.2. The minimum atomic E-state index is -0.266. The van der Waals surface area contributed by atoms with Crippen LogP contribution in [0.25, 0.3) is 11.4 Å². The lowest BCUT2D eigenvalue weighted by Crippen LogP contribution is -2.24. The van der Waals surface area contributed by atoms with Crippen molar-refractivity contribution >= 4 is 17.5 Å². The zero-order chi connectivity index (χ0) is 23.6. The average Bonchev–Trinajstić information content (AvgIpc) is 3.42. The van der Waals surface area contributed by atoms with Crippen LogP contribution in [0.3, 0.4) is 0 Å². The van der Waals surface area contributed by atoms with Crippen LogP contribution >= 0.6 is 0 Å². The number of carbonyl (C=O) groups excluding carboxylic acids is 1. The van der Waals surface area contributed by atoms with Crippen molar-refractivity contribution in [2.45, 2.75) is 39.8 Å². The maximum atomic E-state index is 12.5. The van der Waals surface area contributed by atoms with Crippen LogP contribution in [0.1, 0.15) is 42.4 Å². The predicted molar refractivity (Wildman–Crippen MR) is 123 cm³/mol. The zero-order valence-electron chi connectivity index (χ0n) is 19.2. The minimum absolute atomic E-state index is 0.236. The van der Waals surface area contributed by atoms with Gasteiger partial charge in [0.25, 0.3) is 5.91 Å². The van der Waals surface area contributed by atoms with Crippen LogP contribution in [0.15, 0.2) is 43.1 Å². The third kappa shape index (κ3) is 5.20. The van der Waals surface area contributed by atoms with Crippen molar-refractivity contribution in [3.8, 4) is 11.4 Å². The molecule has 4 aromatic rings. The topological polar surface area (TPSA) is 128 Å². The number of amides is 1. The van der Waals surface area contributed by atoms with E-state index in [0.717, 1.165) is 22.4 Å². The summed E-state index contributed by atoms with van der Waals surface area (Å²) in [5.41, 5.74) is 3.69. The Hall–Kier alpha value is -4.15. The van der Waals surface area contributed by atoms with Crippen molar-refractivity contribution in [3.05, 3.63) is 59.9 Å². The van der Waals surface area contributed by atoms with Gasteiger partial charge in [-0.2, -0.15) is 10.1 Å². The number of nitrogens with zero attached hydrogens (tertiary/aromatic N) is 8. The molecule has 170 valence electrons. The Morgan fingerprint density at radius 2 is 1.97 bits per heavy atom. The molecule has 0 unspecified atom stereocenters. The van der Waals surface area contributed by atoms with Gasteiger partial charge >= 0.3 is 0 Å². The normalized spacial score (nSPS) is 11.4. The molecule has 11 heteroatoms. The summed E-state index contributed by atoms with van der Waals surface area (Å²) in [4.78, 5) is 25.4. The Morgan fingerprint density at radius 1 is 1.15 bits per heavy atom. The molecule has 0 atom stereocenters. The molecule has 4 rings (SSSR count). The first-order valence-electron chi connectivity index (χ1n) is 10.4. The number of rotatable bonds is 6. The molecule has 2 N–H and O–H groups in total. The second kappa shape index (κ2) is 8.77. The second-order valence-electron chi connectivity index (χ2n) is 8.70. The lowest BCUT2D eigenvalue weighted by Gasteiger charge is -2.17. The fourth-order valence-electron chi connectivity index (χ4n) is 3.11. The highest BCUT2D eigenvalue weighted by molar-refractivity contribution is 5.91. The molecule has 0 radical (unpaired) electrons. The van der Waals surface area contributed by atoms with Gasteiger partial charge in [0.1, 0.15) is 6.33 Å². The van der Waals surface area contributed by atoms with Crippen LogP contribution in [0.4, 0.5) is 11.6 Å². The Labute approximate surface area is 191 Å². The molecule has 0 fully saturated rings. The van der Waals surface area contributed by atoms with E-state index in [-0.39, 0.29) is 17.1 Å². The Bertz CT molecular complexity index is 1280. The fourth-order valence-corrected chi connectivity index (χ4v) is 3.11. The minimum Gasteiger partial charge on any atom is -0.347 e. The largest absolute Gasteiger partial charge is 0.347 e. The average molecular weight is 447 g/mol. The van der Waals surface area contributed by atoms with Gasteiger partial charge < -0.3 is 10.6 Å². The number of benzene rings is 1. The summed E-state index contributed by atoms with van der Waals surface area (Å²) < 4.78 is 3.37. The third-order valence-corrected chi connectivity index (χ3v) is 4.99. The Kier molecular flexibility index (Phi) is 5.86. The summed E-state index contributed by atoms with van der Waals surface area (Å²) >= 11 is 0. The van der Waals surface area contributed by atoms with Crippen molar-refractivity contribution in [3.63, 3.8) is 0 Å². The van der Waals surface area contributed by atoms with Crippen LogP contribution in [0.2, 0.25) is 0 Å². The molecule has 33 heavy (non-hydrogen) atoms. The van der Waals surface area contributed by atoms with E-state index in [0.29, 0.717) is 18.3 Å². The van der Waals surface area contributed by atoms with Crippen molar-refractivity contribution in [2.24, 2.45) is 7.05 Å². The van der Waals surface area contributed by atoms with Crippen molar-refractivity contribution in [2.75, 3.05) is 5.32 Å². The number of aryl methyl sites for hydroxylation is 2. The van der Waals surface area contributed by atoms with Gasteiger partial charge in [-0.1, -0.05) is 17.3 Å². The zero-order valence-corrected chi connectivity index (χ0v) is 19.2. The van der Waals surface area contributed by atoms with Crippen molar-refractivity contribution < 1.29 is 4.79 Å². The molecule has 0 spiro atoms. The van der Waals surface area contributed by atoms with Crippen LogP contribution in [0.5, 0.6) is 0 Å². The lowest BCUT2D eigenvalue weighted by molar-refractivity contribution is 0.0945. The quantitative estimate of drug-likeness (QED) is 0.462. The summed E-state index contributed by atoms with van der Waals surface area (Å²) in [6, 6.07) is 5.86. The maximum Gasteiger partial charge on any atom is 0.273 e. The van der Waals surface area contributed by atoms with E-state index in [1.165, 1.54) is 6.33 Å². The third-order valence-electron chi connectivity index (χ3n) is 4.99. The van der Waals surface area contributed by atoms with Crippen LogP contribution < -0.4 is 10.6 Å². The van der Waals surface area contributed by atoms with Gasteiger partial charge in [0.15, 0.2) is 11.5 Å². The number of aromatic nitrogens is 8. The van der Waals surface area contributed by atoms with Crippen LogP contribution in [0, 0.1) is 6.92 Å². The molecule has 1 amide bonds. The van der Waals surface area contributed by atoms with Crippen LogP contribution in [-0.2, 0) is 19.1 Å². The van der Waals surface area contributed by atoms with Gasteiger partial charge in [-0.05, 0) is 44.9 Å². The van der Waals surface area contributed by atoms with Gasteiger partial charge in [0, 0.05) is 25.4 Å². The monoisotopic (exact) mass is 446 g/mol. The SMILES string of the molecule is Cc1cc(-c2ncnc(Nc3cnn(C)c3)n2)ccc1CNC(=O)c1cn(C(C)(C)C)nn1. The van der Waals surface area contributed by atoms with Gasteiger partial charge in [-0.25, -0.2) is 14.6 Å². The van der Waals surface area contributed by atoms with E-state index in [4.69, 9.17) is 0 Å². The molecule has 0 aliphatic heterocycles. The van der Waals surface area contributed by atoms with E-state index in [2.05, 4.69) is 41.0 Å². The smallest absolute Gasteiger partial charge is 0.273 e. The Morgan fingerprint density at radius 3 is 2.64 bits per heavy atom. The molecule has 0 bridgehead atoms. The Balaban J connectivity index is 1.43. The summed E-state index contributed by atoms with van der Waals surface area (Å²) in [6.07, 6.45) is 6.65. The molecule has 0 aliphatic carbocycles. The van der Waals surface area contributed by atoms with Crippen molar-refractivity contribution in [1.29, 1.82) is 0 Å². The lowest BCUT2D eigenvalue weighted by atomic mass is 10.0. The predicted octanol–water partition coefficient (Wildman–Crippen LogP) is 2.60. The number of hydrogen-bond donors (Lipinski definition) is 2. The van der Waals surface area contributed by atoms with E-state index in [1.807, 2.05) is 59.1 Å². The molecule has 3 aromatic heterocycles. The highest BCUT2D eigenvalue weighted by atomic mass is 16.2. The van der Waals surface area contributed by atoms with Gasteiger partial charge in [-0.3, -0.25) is 9.48 Å². The molecule has 11 nitrogen and oxygen atoms in total. The fraction of sp³-hybridized carbons (Fsp3) is 0.318. The maximum absolute atomic E-state index is 12.5. The van der Waals surface area contributed by atoms with Gasteiger partial charge in [0.2, 0.25) is 5.95 Å². The van der Waals surface area contributed by atoms with Crippen LogP contribution in [-0.4, -0.2) is 45.6 Å². The standard InChI is InChI=1S/C22H26N10O/c1-14-8-15(19-24-13-25-21(28-19)27-17-10-26-31(5)11-17)6-7-16(14)9-23-20(33)18-12-32(30-29-18)22(2,3)4/h6-8,10-13H,9H2,1-5H3,(H,23,33)(H,24,25,27,28).